The number of ether oxygens (including phenoxy) is 2. The second-order valence-electron chi connectivity index (χ2n) is 10.8. The fourth-order valence-corrected chi connectivity index (χ4v) is 5.03. The van der Waals surface area contributed by atoms with Crippen molar-refractivity contribution in [3.05, 3.63) is 95.6 Å². The summed E-state index contributed by atoms with van der Waals surface area (Å²) in [6.45, 7) is -0.195. The van der Waals surface area contributed by atoms with Gasteiger partial charge in [-0.3, -0.25) is 24.0 Å². The van der Waals surface area contributed by atoms with E-state index in [4.69, 9.17) is 9.47 Å². The van der Waals surface area contributed by atoms with Gasteiger partial charge in [0, 0.05) is 12.3 Å². The van der Waals surface area contributed by atoms with Crippen molar-refractivity contribution >= 4 is 35.5 Å². The number of ketones is 1. The van der Waals surface area contributed by atoms with Crippen molar-refractivity contribution in [2.45, 2.75) is 25.3 Å². The third-order valence-corrected chi connectivity index (χ3v) is 7.22. The van der Waals surface area contributed by atoms with E-state index in [-0.39, 0.29) is 44.6 Å². The van der Waals surface area contributed by atoms with Gasteiger partial charge in [-0.25, -0.2) is 4.79 Å². The Hall–Kier alpha value is -5.56. The van der Waals surface area contributed by atoms with Gasteiger partial charge in [-0.05, 0) is 34.7 Å². The van der Waals surface area contributed by atoms with Gasteiger partial charge in [0.15, 0.2) is 5.78 Å². The molecule has 0 saturated carbocycles. The first-order valence-electron chi connectivity index (χ1n) is 15.0. The average Bonchev–Trinajstić information content (AvgIpc) is 3.39. The van der Waals surface area contributed by atoms with E-state index >= 15 is 0 Å². The summed E-state index contributed by atoms with van der Waals surface area (Å²) in [5, 5.41) is 12.2. The SMILES string of the molecule is CC(=O)COCNC(=O)CNC(=O)[C@H](Cc1ccccc1)NC(=O)CNC(=O)CNC(=O)OCC1c2ccccc2-c2ccccc21. The summed E-state index contributed by atoms with van der Waals surface area (Å²) in [6, 6.07) is 23.7. The van der Waals surface area contributed by atoms with E-state index in [1.807, 2.05) is 54.6 Å². The molecule has 13 nitrogen and oxygen atoms in total. The zero-order chi connectivity index (χ0) is 33.6. The largest absolute Gasteiger partial charge is 0.449 e. The molecular formula is C34H37N5O8. The number of alkyl carbamates (subject to hydrolysis) is 1. The quantitative estimate of drug-likeness (QED) is 0.114. The lowest BCUT2D eigenvalue weighted by atomic mass is 9.98. The molecule has 0 spiro atoms. The van der Waals surface area contributed by atoms with Crippen molar-refractivity contribution in [1.29, 1.82) is 0 Å². The predicted octanol–water partition coefficient (Wildman–Crippen LogP) is 1.16. The van der Waals surface area contributed by atoms with E-state index in [1.165, 1.54) is 6.92 Å². The van der Waals surface area contributed by atoms with Crippen molar-refractivity contribution in [2.24, 2.45) is 0 Å². The number of benzene rings is 3. The number of rotatable bonds is 16. The molecule has 3 aromatic rings. The van der Waals surface area contributed by atoms with E-state index < -0.39 is 48.9 Å². The minimum atomic E-state index is -1.05. The fourth-order valence-electron chi connectivity index (χ4n) is 5.03. The van der Waals surface area contributed by atoms with Crippen LogP contribution >= 0.6 is 0 Å². The standard InChI is InChI=1S/C34H37N5O8/c1-22(40)19-46-21-38-31(42)16-36-33(44)29(15-23-9-3-2-4-10-23)39-32(43)18-35-30(41)17-37-34(45)47-20-28-26-13-7-5-11-24(26)25-12-6-8-14-27(25)28/h2-14,28-29H,15-21H2,1H3,(H,35,41)(H,36,44)(H,37,45)(H,38,42)(H,39,43)/t29-/m0/s1. The zero-order valence-electron chi connectivity index (χ0n) is 25.9. The molecule has 3 aromatic carbocycles. The third kappa shape index (κ3) is 10.5. The van der Waals surface area contributed by atoms with Gasteiger partial charge >= 0.3 is 6.09 Å². The van der Waals surface area contributed by atoms with E-state index in [0.717, 1.165) is 27.8 Å². The molecular weight excluding hydrogens is 606 g/mol. The molecule has 0 heterocycles. The molecule has 47 heavy (non-hydrogen) atoms. The van der Waals surface area contributed by atoms with Crippen LogP contribution < -0.4 is 26.6 Å². The molecule has 0 unspecified atom stereocenters. The van der Waals surface area contributed by atoms with Crippen molar-refractivity contribution < 1.29 is 38.2 Å². The van der Waals surface area contributed by atoms with Gasteiger partial charge in [0.05, 0.1) is 13.1 Å². The summed E-state index contributed by atoms with van der Waals surface area (Å²) in [5.74, 6) is -2.80. The van der Waals surface area contributed by atoms with Gasteiger partial charge in [-0.1, -0.05) is 78.9 Å². The number of hydrogen-bond donors (Lipinski definition) is 5. The molecule has 0 aliphatic heterocycles. The maximum atomic E-state index is 12.9. The average molecular weight is 644 g/mol. The van der Waals surface area contributed by atoms with Gasteiger partial charge in [0.1, 0.15) is 32.5 Å². The summed E-state index contributed by atoms with van der Waals surface area (Å²) in [7, 11) is 0. The van der Waals surface area contributed by atoms with Crippen LogP contribution in [0.4, 0.5) is 4.79 Å². The van der Waals surface area contributed by atoms with Crippen molar-refractivity contribution in [3.8, 4) is 11.1 Å². The number of hydrogen-bond acceptors (Lipinski definition) is 8. The van der Waals surface area contributed by atoms with Gasteiger partial charge < -0.3 is 36.1 Å². The van der Waals surface area contributed by atoms with Crippen LogP contribution in [0.3, 0.4) is 0 Å². The van der Waals surface area contributed by atoms with Gasteiger partial charge in [0.25, 0.3) is 0 Å². The minimum absolute atomic E-state index is 0.0874. The van der Waals surface area contributed by atoms with Crippen LogP contribution in [0.2, 0.25) is 0 Å². The van der Waals surface area contributed by atoms with Crippen LogP contribution in [-0.4, -0.2) is 81.1 Å². The Bertz CT molecular complexity index is 1550. The first-order valence-corrected chi connectivity index (χ1v) is 15.0. The summed E-state index contributed by atoms with van der Waals surface area (Å²) in [5.41, 5.74) is 5.06. The highest BCUT2D eigenvalue weighted by Gasteiger charge is 2.29. The first-order chi connectivity index (χ1) is 22.7. The van der Waals surface area contributed by atoms with Gasteiger partial charge in [-0.2, -0.15) is 0 Å². The molecule has 1 atom stereocenters. The monoisotopic (exact) mass is 643 g/mol. The number of amides is 5. The van der Waals surface area contributed by atoms with Gasteiger partial charge in [-0.15, -0.1) is 0 Å². The van der Waals surface area contributed by atoms with E-state index in [1.54, 1.807) is 24.3 Å². The molecule has 4 rings (SSSR count). The highest BCUT2D eigenvalue weighted by Crippen LogP contribution is 2.44. The first kappa shape index (κ1) is 34.3. The Morgan fingerprint density at radius 3 is 1.91 bits per heavy atom. The number of Topliss-reactive ketones (excluding diaryl/α,β-unsaturated/α-hetero) is 1. The Morgan fingerprint density at radius 1 is 0.681 bits per heavy atom. The molecule has 0 fully saturated rings. The topological polar surface area (TPSA) is 181 Å². The molecule has 0 saturated heterocycles. The molecule has 5 amide bonds. The Morgan fingerprint density at radius 2 is 1.26 bits per heavy atom. The third-order valence-electron chi connectivity index (χ3n) is 7.22. The van der Waals surface area contributed by atoms with Crippen LogP contribution in [0.25, 0.3) is 11.1 Å². The summed E-state index contributed by atoms with van der Waals surface area (Å²) in [6.07, 6.45) is -0.653. The zero-order valence-corrected chi connectivity index (χ0v) is 25.9. The number of carbonyl (C=O) groups is 6. The Labute approximate surface area is 271 Å². The van der Waals surface area contributed by atoms with E-state index in [2.05, 4.69) is 26.6 Å². The summed E-state index contributed by atoms with van der Waals surface area (Å²) >= 11 is 0. The minimum Gasteiger partial charge on any atom is -0.449 e. The van der Waals surface area contributed by atoms with Crippen molar-refractivity contribution in [2.75, 3.05) is 39.6 Å². The highest BCUT2D eigenvalue weighted by atomic mass is 16.5. The summed E-state index contributed by atoms with van der Waals surface area (Å²) in [4.78, 5) is 73.2. The van der Waals surface area contributed by atoms with Crippen molar-refractivity contribution in [1.82, 2.24) is 26.6 Å². The van der Waals surface area contributed by atoms with E-state index in [0.29, 0.717) is 0 Å². The molecule has 0 aromatic heterocycles. The highest BCUT2D eigenvalue weighted by molar-refractivity contribution is 5.92. The molecule has 0 radical (unpaired) electrons. The van der Waals surface area contributed by atoms with Crippen LogP contribution in [0.15, 0.2) is 78.9 Å². The van der Waals surface area contributed by atoms with Crippen LogP contribution in [0, 0.1) is 0 Å². The van der Waals surface area contributed by atoms with Gasteiger partial charge in [0.2, 0.25) is 23.6 Å². The van der Waals surface area contributed by atoms with Crippen LogP contribution in [0.1, 0.15) is 29.5 Å². The molecule has 0 bridgehead atoms. The Balaban J connectivity index is 1.20. The molecule has 1 aliphatic rings. The smallest absolute Gasteiger partial charge is 0.407 e. The lowest BCUT2D eigenvalue weighted by Gasteiger charge is -2.19. The van der Waals surface area contributed by atoms with Crippen molar-refractivity contribution in [3.63, 3.8) is 0 Å². The molecule has 1 aliphatic carbocycles. The fraction of sp³-hybridized carbons (Fsp3) is 0.294. The number of fused-ring (bicyclic) bond motifs is 3. The summed E-state index contributed by atoms with van der Waals surface area (Å²) < 4.78 is 10.4. The van der Waals surface area contributed by atoms with Crippen LogP contribution in [0.5, 0.6) is 0 Å². The van der Waals surface area contributed by atoms with E-state index in [9.17, 15) is 28.8 Å². The normalized spacial score (nSPS) is 12.1. The molecule has 5 N–H and O–H groups in total. The lowest BCUT2D eigenvalue weighted by Crippen LogP contribution is -2.52. The molecule has 13 heteroatoms. The second-order valence-corrected chi connectivity index (χ2v) is 10.8. The predicted molar refractivity (Wildman–Crippen MR) is 171 cm³/mol. The number of carbonyl (C=O) groups excluding carboxylic acids is 6. The Kier molecular flexibility index (Phi) is 12.6. The molecule has 246 valence electrons. The number of nitrogens with one attached hydrogen (secondary N) is 5. The van der Waals surface area contributed by atoms with Crippen LogP contribution in [-0.2, 0) is 39.9 Å². The lowest BCUT2D eigenvalue weighted by molar-refractivity contribution is -0.131. The second kappa shape index (κ2) is 17.2. The maximum absolute atomic E-state index is 12.9. The maximum Gasteiger partial charge on any atom is 0.407 e.